The Balaban J connectivity index is 1.96. The molecule has 0 fully saturated rings. The summed E-state index contributed by atoms with van der Waals surface area (Å²) >= 11 is 0. The van der Waals surface area contributed by atoms with Gasteiger partial charge in [-0.3, -0.25) is 14.9 Å². The van der Waals surface area contributed by atoms with E-state index in [1.807, 2.05) is 49.4 Å². The van der Waals surface area contributed by atoms with E-state index in [4.69, 9.17) is 0 Å². The summed E-state index contributed by atoms with van der Waals surface area (Å²) < 4.78 is 0. The van der Waals surface area contributed by atoms with Gasteiger partial charge in [0.15, 0.2) is 5.78 Å². The van der Waals surface area contributed by atoms with Crippen LogP contribution in [0.4, 0.5) is 0 Å². The molecular weight excluding hydrogens is 316 g/mol. The normalized spacial score (nSPS) is 18.8. The van der Waals surface area contributed by atoms with Crippen LogP contribution in [0.1, 0.15) is 39.9 Å². The number of ketones is 1. The van der Waals surface area contributed by atoms with Crippen LogP contribution in [0, 0.1) is 17.0 Å². The van der Waals surface area contributed by atoms with Crippen molar-refractivity contribution in [2.75, 3.05) is 0 Å². The molecule has 1 N–H and O–H groups in total. The van der Waals surface area contributed by atoms with Gasteiger partial charge in [0.2, 0.25) is 0 Å². The molecule has 0 bridgehead atoms. The second kappa shape index (κ2) is 5.41. The Morgan fingerprint density at radius 1 is 1.00 bits per heavy atom. The monoisotopic (exact) mass is 332 g/mol. The highest BCUT2D eigenvalue weighted by molar-refractivity contribution is 6.22. The number of fused-ring (bicyclic) bond motifs is 2. The first-order valence-corrected chi connectivity index (χ1v) is 8.06. The molecular formula is C20H16N2O3. The van der Waals surface area contributed by atoms with Crippen molar-refractivity contribution in [3.63, 3.8) is 0 Å². The highest BCUT2D eigenvalue weighted by Crippen LogP contribution is 2.46. The van der Waals surface area contributed by atoms with E-state index in [-0.39, 0.29) is 16.4 Å². The van der Waals surface area contributed by atoms with Crippen molar-refractivity contribution < 1.29 is 9.72 Å². The second-order valence-electron chi connectivity index (χ2n) is 6.40. The number of benzene rings is 2. The average molecular weight is 332 g/mol. The maximum absolute atomic E-state index is 13.0. The van der Waals surface area contributed by atoms with E-state index >= 15 is 0 Å². The van der Waals surface area contributed by atoms with Crippen molar-refractivity contribution >= 4 is 11.5 Å². The Morgan fingerprint density at radius 2 is 1.64 bits per heavy atom. The smallest absolute Gasteiger partial charge is 0.276 e. The van der Waals surface area contributed by atoms with Crippen LogP contribution >= 0.6 is 0 Å². The maximum atomic E-state index is 13.0. The van der Waals surface area contributed by atoms with Crippen molar-refractivity contribution in [1.29, 1.82) is 0 Å². The van der Waals surface area contributed by atoms with Gasteiger partial charge in [-0.2, -0.15) is 0 Å². The zero-order valence-corrected chi connectivity index (χ0v) is 13.9. The van der Waals surface area contributed by atoms with Gasteiger partial charge in [-0.05, 0) is 19.4 Å². The molecule has 2 aliphatic rings. The molecule has 2 aromatic carbocycles. The predicted molar refractivity (Wildman–Crippen MR) is 94.4 cm³/mol. The van der Waals surface area contributed by atoms with Gasteiger partial charge >= 0.3 is 0 Å². The molecule has 0 saturated heterocycles. The lowest BCUT2D eigenvalue weighted by molar-refractivity contribution is -0.430. The Kier molecular flexibility index (Phi) is 3.32. The Morgan fingerprint density at radius 3 is 2.28 bits per heavy atom. The van der Waals surface area contributed by atoms with E-state index in [1.165, 1.54) is 0 Å². The largest absolute Gasteiger partial charge is 0.353 e. The zero-order chi connectivity index (χ0) is 17.7. The molecule has 1 atom stereocenters. The van der Waals surface area contributed by atoms with E-state index in [0.29, 0.717) is 22.5 Å². The second-order valence-corrected chi connectivity index (χ2v) is 6.40. The summed E-state index contributed by atoms with van der Waals surface area (Å²) in [5, 5.41) is 14.9. The molecule has 2 aromatic rings. The molecule has 1 aliphatic heterocycles. The number of nitro groups is 1. The van der Waals surface area contributed by atoms with Crippen molar-refractivity contribution in [2.45, 2.75) is 19.8 Å². The van der Waals surface area contributed by atoms with E-state index in [9.17, 15) is 14.9 Å². The van der Waals surface area contributed by atoms with Gasteiger partial charge in [0.05, 0.1) is 16.3 Å². The fourth-order valence-electron chi connectivity index (χ4n) is 3.64. The lowest BCUT2D eigenvalue weighted by atomic mass is 9.83. The lowest BCUT2D eigenvalue weighted by Gasteiger charge is -2.25. The van der Waals surface area contributed by atoms with Gasteiger partial charge < -0.3 is 5.32 Å². The summed E-state index contributed by atoms with van der Waals surface area (Å²) in [6, 6.07) is 14.9. The van der Waals surface area contributed by atoms with Crippen molar-refractivity contribution in [3.05, 3.63) is 97.9 Å². The molecule has 0 aromatic heterocycles. The fraction of sp³-hybridized carbons (Fsp3) is 0.150. The van der Waals surface area contributed by atoms with Gasteiger partial charge in [-0.25, -0.2) is 0 Å². The number of hydrogen-bond acceptors (Lipinski definition) is 4. The first-order chi connectivity index (χ1) is 12.0. The summed E-state index contributed by atoms with van der Waals surface area (Å²) in [5.74, 6) is -0.817. The van der Waals surface area contributed by atoms with Gasteiger partial charge in [0.25, 0.3) is 5.70 Å². The molecule has 1 aliphatic carbocycles. The quantitative estimate of drug-likeness (QED) is 0.671. The lowest BCUT2D eigenvalue weighted by Crippen LogP contribution is -2.28. The minimum Gasteiger partial charge on any atom is -0.353 e. The molecule has 0 radical (unpaired) electrons. The Hall–Kier alpha value is -3.21. The fourth-order valence-corrected chi connectivity index (χ4v) is 3.64. The summed E-state index contributed by atoms with van der Waals surface area (Å²) in [7, 11) is 0. The minimum atomic E-state index is -0.674. The van der Waals surface area contributed by atoms with Crippen molar-refractivity contribution in [2.24, 2.45) is 0 Å². The Bertz CT molecular complexity index is 984. The molecule has 5 nitrogen and oxygen atoms in total. The number of carbonyl (C=O) groups is 1. The molecule has 5 heteroatoms. The number of nitrogens with zero attached hydrogens (tertiary/aromatic N) is 1. The third-order valence-corrected chi connectivity index (χ3v) is 4.82. The molecule has 0 spiro atoms. The first kappa shape index (κ1) is 15.3. The van der Waals surface area contributed by atoms with Gasteiger partial charge in [-0.15, -0.1) is 0 Å². The van der Waals surface area contributed by atoms with Gasteiger partial charge in [0, 0.05) is 16.7 Å². The standard InChI is InChI=1S/C20H16N2O3/c1-11-7-9-13(10-8-11)16-17-18(21-12(2)19(16)22(24)25)14-5-3-4-6-15(14)20(17)23/h3-10,16,21H,1-2H3. The molecule has 1 unspecified atom stereocenters. The van der Waals surface area contributed by atoms with Crippen LogP contribution in [0.15, 0.2) is 65.5 Å². The predicted octanol–water partition coefficient (Wildman–Crippen LogP) is 3.80. The van der Waals surface area contributed by atoms with Crippen LogP contribution in [0.5, 0.6) is 0 Å². The van der Waals surface area contributed by atoms with Gasteiger partial charge in [-0.1, -0.05) is 54.1 Å². The van der Waals surface area contributed by atoms with E-state index in [2.05, 4.69) is 5.32 Å². The Labute approximate surface area is 144 Å². The van der Waals surface area contributed by atoms with E-state index in [1.54, 1.807) is 13.0 Å². The van der Waals surface area contributed by atoms with Gasteiger partial charge in [0.1, 0.15) is 5.92 Å². The molecule has 4 rings (SSSR count). The molecule has 0 saturated carbocycles. The summed E-state index contributed by atoms with van der Waals surface area (Å²) in [4.78, 5) is 24.4. The van der Waals surface area contributed by atoms with Crippen LogP contribution < -0.4 is 5.32 Å². The third kappa shape index (κ3) is 2.20. The number of dihydropyridines is 1. The van der Waals surface area contributed by atoms with Crippen LogP contribution in [0.3, 0.4) is 0 Å². The summed E-state index contributed by atoms with van der Waals surface area (Å²) in [6.45, 7) is 3.65. The highest BCUT2D eigenvalue weighted by atomic mass is 16.6. The maximum Gasteiger partial charge on any atom is 0.276 e. The summed E-state index contributed by atoms with van der Waals surface area (Å²) in [5.41, 5.74) is 4.87. The van der Waals surface area contributed by atoms with Crippen LogP contribution in [0.2, 0.25) is 0 Å². The molecule has 0 amide bonds. The molecule has 1 heterocycles. The number of aryl methyl sites for hydroxylation is 1. The van der Waals surface area contributed by atoms with Crippen molar-refractivity contribution in [3.8, 4) is 0 Å². The number of allylic oxidation sites excluding steroid dienone is 2. The zero-order valence-electron chi connectivity index (χ0n) is 13.9. The van der Waals surface area contributed by atoms with Crippen molar-refractivity contribution in [1.82, 2.24) is 5.32 Å². The van der Waals surface area contributed by atoms with Crippen LogP contribution in [0.25, 0.3) is 5.70 Å². The highest BCUT2D eigenvalue weighted by Gasteiger charge is 2.45. The molecule has 25 heavy (non-hydrogen) atoms. The number of Topliss-reactive ketones (excluding diaryl/α,β-unsaturated/α-hetero) is 1. The van der Waals surface area contributed by atoms with E-state index in [0.717, 1.165) is 16.7 Å². The number of hydrogen-bond donors (Lipinski definition) is 1. The number of rotatable bonds is 2. The molecule has 124 valence electrons. The third-order valence-electron chi connectivity index (χ3n) is 4.82. The summed E-state index contributed by atoms with van der Waals surface area (Å²) in [6.07, 6.45) is 0. The minimum absolute atomic E-state index is 0.0313. The van der Waals surface area contributed by atoms with Crippen LogP contribution in [-0.2, 0) is 0 Å². The topological polar surface area (TPSA) is 72.2 Å². The van der Waals surface area contributed by atoms with Crippen LogP contribution in [-0.4, -0.2) is 10.7 Å². The number of nitrogens with one attached hydrogen (secondary N) is 1. The average Bonchev–Trinajstić information content (AvgIpc) is 2.87. The first-order valence-electron chi connectivity index (χ1n) is 8.06. The number of carbonyl (C=O) groups excluding carboxylic acids is 1. The SMILES string of the molecule is CC1=C([N+](=O)[O-])C(c2ccc(C)cc2)C2=C(N1)c1ccccc1C2=O. The van der Waals surface area contributed by atoms with E-state index < -0.39 is 5.92 Å².